The minimum Gasteiger partial charge on any atom is -0.410 e. The molecule has 0 radical (unpaired) electrons. The van der Waals surface area contributed by atoms with Gasteiger partial charge in [-0.1, -0.05) is 91.0 Å². The molecule has 1 aliphatic rings. The van der Waals surface area contributed by atoms with Gasteiger partial charge < -0.3 is 14.3 Å². The molecule has 0 unspecified atom stereocenters. The van der Waals surface area contributed by atoms with Crippen molar-refractivity contribution in [3.05, 3.63) is 124 Å². The number of carbonyl (C=O) groups is 1. The van der Waals surface area contributed by atoms with Crippen LogP contribution in [0.1, 0.15) is 36.3 Å². The lowest BCUT2D eigenvalue weighted by molar-refractivity contribution is -0.114. The molecule has 0 saturated carbocycles. The minimum atomic E-state index is -2.68. The number of aromatic amines is 1. The first-order valence-electron chi connectivity index (χ1n) is 14.7. The Hall–Kier alpha value is -4.42. The first-order chi connectivity index (χ1) is 21.4. The van der Waals surface area contributed by atoms with E-state index in [-0.39, 0.29) is 29.6 Å². The molecule has 0 spiro atoms. The molecule has 1 amide bonds. The molecule has 5 aromatic rings. The van der Waals surface area contributed by atoms with Crippen molar-refractivity contribution in [1.29, 1.82) is 0 Å². The lowest BCUT2D eigenvalue weighted by atomic mass is 10.2. The Balaban J connectivity index is 1.36. The largest absolute Gasteiger partial charge is 0.410 e. The van der Waals surface area contributed by atoms with Crippen molar-refractivity contribution in [1.82, 2.24) is 19.5 Å². The average Bonchev–Trinajstić information content (AvgIpc) is 3.62. The third-order valence-corrected chi connectivity index (χ3v) is 11.9. The third-order valence-electron chi connectivity index (χ3n) is 7.91. The first kappa shape index (κ1) is 29.6. The van der Waals surface area contributed by atoms with Crippen molar-refractivity contribution >= 4 is 31.3 Å². The summed E-state index contributed by atoms with van der Waals surface area (Å²) in [4.78, 5) is 35.6. The zero-order valence-corrected chi connectivity index (χ0v) is 25.4. The van der Waals surface area contributed by atoms with Gasteiger partial charge in [-0.15, -0.1) is 0 Å². The topological polar surface area (TPSA) is 131 Å². The molecule has 3 heterocycles. The average molecular weight is 610 g/mol. The highest BCUT2D eigenvalue weighted by molar-refractivity contribution is 6.72. The van der Waals surface area contributed by atoms with Gasteiger partial charge >= 0.3 is 0 Å². The molecule has 1 saturated heterocycles. The molecular formula is C33H35N5O5Si. The molecule has 10 nitrogen and oxygen atoms in total. The number of aromatic nitrogens is 4. The summed E-state index contributed by atoms with van der Waals surface area (Å²) in [6, 6.07) is 33.6. The molecule has 1 fully saturated rings. The monoisotopic (exact) mass is 609 g/mol. The van der Waals surface area contributed by atoms with E-state index in [1.54, 1.807) is 4.57 Å². The minimum absolute atomic E-state index is 0.0289. The van der Waals surface area contributed by atoms with Gasteiger partial charge in [0.15, 0.2) is 11.2 Å². The van der Waals surface area contributed by atoms with Crippen molar-refractivity contribution in [3.8, 4) is 0 Å². The van der Waals surface area contributed by atoms with Gasteiger partial charge in [-0.2, -0.15) is 4.98 Å². The van der Waals surface area contributed by atoms with Crippen LogP contribution in [0.5, 0.6) is 0 Å². The zero-order valence-electron chi connectivity index (χ0n) is 24.4. The van der Waals surface area contributed by atoms with Crippen LogP contribution in [0, 0.1) is 0 Å². The second-order valence-electron chi connectivity index (χ2n) is 11.3. The number of fused-ring (bicyclic) bond motifs is 1. The van der Waals surface area contributed by atoms with Crippen LogP contribution in [0.25, 0.3) is 11.2 Å². The highest BCUT2D eigenvalue weighted by Gasteiger charge is 2.45. The molecule has 3 atom stereocenters. The highest BCUT2D eigenvalue weighted by atomic mass is 28.4. The Morgan fingerprint density at radius 3 is 2.02 bits per heavy atom. The smallest absolute Gasteiger partial charge is 0.280 e. The number of H-pyrrole nitrogens is 1. The predicted molar refractivity (Wildman–Crippen MR) is 169 cm³/mol. The van der Waals surface area contributed by atoms with Crippen LogP contribution in [0.4, 0.5) is 5.95 Å². The van der Waals surface area contributed by atoms with E-state index < -0.39 is 32.3 Å². The third kappa shape index (κ3) is 6.71. The van der Waals surface area contributed by atoms with Crippen LogP contribution in [0.15, 0.2) is 102 Å². The van der Waals surface area contributed by atoms with E-state index in [1.807, 2.05) is 18.2 Å². The van der Waals surface area contributed by atoms with Crippen LogP contribution in [0.3, 0.4) is 0 Å². The number of amides is 1. The molecule has 1 aliphatic heterocycles. The highest BCUT2D eigenvalue weighted by Crippen LogP contribution is 2.36. The Morgan fingerprint density at radius 2 is 1.52 bits per heavy atom. The van der Waals surface area contributed by atoms with Crippen molar-refractivity contribution in [2.24, 2.45) is 0 Å². The molecule has 226 valence electrons. The molecule has 3 N–H and O–H groups in total. The van der Waals surface area contributed by atoms with Crippen molar-refractivity contribution in [2.75, 3.05) is 11.9 Å². The number of rotatable bonds is 11. The number of imidazole rings is 1. The standard InChI is InChI=1S/C33H35N5O5Si/c1-23(40)35-33-36-31-30(32(41)37-33)34-22-38(31)29-17-27(28(18-39)42-29)43-44(19-24-11-5-2-6-12-24,20-25-13-7-3-8-14-25)21-26-15-9-4-10-16-26/h2-16,22,27-29,39H,17-21H2,1H3,(H2,35,36,37,40,41)/t27-,28+,29+/m0/s1. The van der Waals surface area contributed by atoms with Gasteiger partial charge in [0.05, 0.1) is 19.0 Å². The number of ether oxygens (including phenoxy) is 1. The maximum absolute atomic E-state index is 12.7. The maximum Gasteiger partial charge on any atom is 0.280 e. The van der Waals surface area contributed by atoms with Gasteiger partial charge in [0.25, 0.3) is 5.56 Å². The first-order valence-corrected chi connectivity index (χ1v) is 17.2. The molecule has 0 bridgehead atoms. The lowest BCUT2D eigenvalue weighted by Gasteiger charge is -2.36. The lowest BCUT2D eigenvalue weighted by Crippen LogP contribution is -2.51. The summed E-state index contributed by atoms with van der Waals surface area (Å²) >= 11 is 0. The van der Waals surface area contributed by atoms with E-state index in [9.17, 15) is 14.7 Å². The predicted octanol–water partition coefficient (Wildman–Crippen LogP) is 4.03. The quantitative estimate of drug-likeness (QED) is 0.193. The van der Waals surface area contributed by atoms with Crippen molar-refractivity contribution in [2.45, 2.75) is 49.9 Å². The summed E-state index contributed by atoms with van der Waals surface area (Å²) in [5.41, 5.74) is 3.56. The van der Waals surface area contributed by atoms with Crippen LogP contribution >= 0.6 is 0 Å². The number of nitrogens with one attached hydrogen (secondary N) is 2. The second kappa shape index (κ2) is 13.1. The Morgan fingerprint density at radius 1 is 0.977 bits per heavy atom. The van der Waals surface area contributed by atoms with Gasteiger partial charge in [0.1, 0.15) is 12.3 Å². The Kier molecular flexibility index (Phi) is 8.80. The molecule has 11 heteroatoms. The Labute approximate surface area is 255 Å². The molecule has 3 aromatic carbocycles. The number of hydrogen-bond acceptors (Lipinski definition) is 7. The molecule has 6 rings (SSSR count). The van der Waals surface area contributed by atoms with Crippen LogP contribution in [-0.4, -0.2) is 57.7 Å². The van der Waals surface area contributed by atoms with Crippen LogP contribution in [0.2, 0.25) is 0 Å². The van der Waals surface area contributed by atoms with Gasteiger partial charge in [0, 0.05) is 13.3 Å². The van der Waals surface area contributed by atoms with Gasteiger partial charge in [-0.3, -0.25) is 24.5 Å². The summed E-state index contributed by atoms with van der Waals surface area (Å²) in [5, 5.41) is 13.0. The summed E-state index contributed by atoms with van der Waals surface area (Å²) in [6.07, 6.45) is 0.339. The number of hydrogen-bond donors (Lipinski definition) is 3. The molecule has 44 heavy (non-hydrogen) atoms. The molecule has 0 aliphatic carbocycles. The zero-order chi connectivity index (χ0) is 30.5. The van der Waals surface area contributed by atoms with Crippen molar-refractivity contribution < 1.29 is 19.1 Å². The molecule has 2 aromatic heterocycles. The SMILES string of the molecule is CC(=O)Nc1nc2c(ncn2[C@H]2C[C@H](O[Si](Cc3ccccc3)(Cc3ccccc3)Cc3ccccc3)[C@@H](CO)O2)c(=O)[nH]1. The van der Waals surface area contributed by atoms with E-state index in [1.165, 1.54) is 29.9 Å². The van der Waals surface area contributed by atoms with E-state index in [0.29, 0.717) is 6.42 Å². The van der Waals surface area contributed by atoms with E-state index >= 15 is 0 Å². The van der Waals surface area contributed by atoms with E-state index in [2.05, 4.69) is 93.1 Å². The molecular weight excluding hydrogens is 574 g/mol. The van der Waals surface area contributed by atoms with Gasteiger partial charge in [-0.05, 0) is 34.8 Å². The van der Waals surface area contributed by atoms with Crippen LogP contribution < -0.4 is 10.9 Å². The number of aliphatic hydroxyl groups is 1. The van der Waals surface area contributed by atoms with E-state index in [4.69, 9.17) is 9.16 Å². The maximum atomic E-state index is 12.7. The summed E-state index contributed by atoms with van der Waals surface area (Å²) in [7, 11) is -2.68. The fourth-order valence-corrected chi connectivity index (χ4v) is 10.5. The number of anilines is 1. The van der Waals surface area contributed by atoms with Crippen LogP contribution in [-0.2, 0) is 32.1 Å². The number of aliphatic hydroxyl groups excluding tert-OH is 1. The fourth-order valence-electron chi connectivity index (χ4n) is 6.06. The normalized spacial score (nSPS) is 18.5. The Bertz CT molecular complexity index is 1660. The van der Waals surface area contributed by atoms with Crippen molar-refractivity contribution in [3.63, 3.8) is 0 Å². The number of benzene rings is 3. The summed E-state index contributed by atoms with van der Waals surface area (Å²) < 4.78 is 15.4. The fraction of sp³-hybridized carbons (Fsp3) is 0.273. The summed E-state index contributed by atoms with van der Waals surface area (Å²) in [5.74, 6) is -0.331. The second-order valence-corrected chi connectivity index (χ2v) is 15.0. The number of nitrogens with zero attached hydrogens (tertiary/aromatic N) is 3. The van der Waals surface area contributed by atoms with Gasteiger partial charge in [0.2, 0.25) is 20.2 Å². The van der Waals surface area contributed by atoms with Gasteiger partial charge in [-0.25, -0.2) is 4.98 Å². The summed E-state index contributed by atoms with van der Waals surface area (Å²) in [6.45, 7) is 1.11. The number of carbonyl (C=O) groups excluding carboxylic acids is 1. The van der Waals surface area contributed by atoms with E-state index in [0.717, 1.165) is 18.1 Å².